The lowest BCUT2D eigenvalue weighted by Gasteiger charge is -2.26. The first-order chi connectivity index (χ1) is 7.86. The van der Waals surface area contributed by atoms with Crippen LogP contribution >= 0.6 is 15.9 Å². The van der Waals surface area contributed by atoms with E-state index in [1.807, 2.05) is 13.8 Å². The molecular formula is C12H16BrFN2O. The molecule has 0 aliphatic heterocycles. The fourth-order valence-corrected chi connectivity index (χ4v) is 1.86. The summed E-state index contributed by atoms with van der Waals surface area (Å²) >= 11 is 3.32. The van der Waals surface area contributed by atoms with Crippen LogP contribution in [-0.2, 0) is 5.41 Å². The van der Waals surface area contributed by atoms with E-state index in [1.165, 1.54) is 6.07 Å². The number of rotatable bonds is 3. The number of carbonyl (C=O) groups excluding carboxylic acids is 1. The predicted octanol–water partition coefficient (Wildman–Crippen LogP) is 2.79. The Bertz CT molecular complexity index is 421. The van der Waals surface area contributed by atoms with Gasteiger partial charge in [-0.1, -0.05) is 29.8 Å². The van der Waals surface area contributed by atoms with Crippen molar-refractivity contribution in [2.24, 2.45) is 0 Å². The molecule has 0 bridgehead atoms. The van der Waals surface area contributed by atoms with Gasteiger partial charge >= 0.3 is 6.03 Å². The fourth-order valence-electron chi connectivity index (χ4n) is 1.50. The molecule has 0 aliphatic carbocycles. The van der Waals surface area contributed by atoms with Crippen molar-refractivity contribution in [1.29, 1.82) is 0 Å². The summed E-state index contributed by atoms with van der Waals surface area (Å²) in [4.78, 5) is 11.1. The van der Waals surface area contributed by atoms with E-state index in [0.717, 1.165) is 4.47 Å². The lowest BCUT2D eigenvalue weighted by Crippen LogP contribution is -2.41. The van der Waals surface area contributed by atoms with E-state index in [-0.39, 0.29) is 11.8 Å². The van der Waals surface area contributed by atoms with Gasteiger partial charge in [-0.3, -0.25) is 0 Å². The SMILES string of the molecule is CNC(=O)NCC(C)(C)c1cc(Br)ccc1F. The third-order valence-corrected chi connectivity index (χ3v) is 3.07. The summed E-state index contributed by atoms with van der Waals surface area (Å²) in [5.41, 5.74) is 0.101. The second-order valence-electron chi connectivity index (χ2n) is 4.44. The van der Waals surface area contributed by atoms with Crippen molar-refractivity contribution in [3.63, 3.8) is 0 Å². The third kappa shape index (κ3) is 3.70. The van der Waals surface area contributed by atoms with Crippen LogP contribution in [0.15, 0.2) is 22.7 Å². The Hall–Kier alpha value is -1.10. The highest BCUT2D eigenvalue weighted by Gasteiger charge is 2.24. The highest BCUT2D eigenvalue weighted by Crippen LogP contribution is 2.27. The standard InChI is InChI=1S/C12H16BrFN2O/c1-12(2,7-16-11(17)15-3)9-6-8(13)4-5-10(9)14/h4-6H,7H2,1-3H3,(H2,15,16,17). The summed E-state index contributed by atoms with van der Waals surface area (Å²) < 4.78 is 14.5. The quantitative estimate of drug-likeness (QED) is 0.886. The number of benzene rings is 1. The zero-order chi connectivity index (χ0) is 13.1. The normalized spacial score (nSPS) is 11.1. The lowest BCUT2D eigenvalue weighted by atomic mass is 9.84. The number of hydrogen-bond donors (Lipinski definition) is 2. The summed E-state index contributed by atoms with van der Waals surface area (Å²) in [6.45, 7) is 4.13. The number of hydrogen-bond acceptors (Lipinski definition) is 1. The van der Waals surface area contributed by atoms with Crippen LogP contribution in [0.2, 0.25) is 0 Å². The second kappa shape index (κ2) is 5.49. The van der Waals surface area contributed by atoms with Crippen LogP contribution in [0, 0.1) is 5.82 Å². The molecule has 94 valence electrons. The van der Waals surface area contributed by atoms with Crippen LogP contribution in [-0.4, -0.2) is 19.6 Å². The van der Waals surface area contributed by atoms with Crippen LogP contribution < -0.4 is 10.6 Å². The van der Waals surface area contributed by atoms with E-state index >= 15 is 0 Å². The van der Waals surface area contributed by atoms with E-state index < -0.39 is 5.41 Å². The molecule has 0 aliphatic rings. The van der Waals surface area contributed by atoms with Crippen molar-refractivity contribution in [3.05, 3.63) is 34.1 Å². The molecule has 0 spiro atoms. The third-order valence-electron chi connectivity index (χ3n) is 2.58. The van der Waals surface area contributed by atoms with Crippen molar-refractivity contribution in [1.82, 2.24) is 10.6 Å². The van der Waals surface area contributed by atoms with Crippen molar-refractivity contribution in [2.45, 2.75) is 19.3 Å². The number of nitrogens with one attached hydrogen (secondary N) is 2. The molecule has 0 radical (unpaired) electrons. The maximum Gasteiger partial charge on any atom is 0.314 e. The van der Waals surface area contributed by atoms with Crippen LogP contribution in [0.25, 0.3) is 0 Å². The van der Waals surface area contributed by atoms with E-state index in [4.69, 9.17) is 0 Å². The van der Waals surface area contributed by atoms with Gasteiger partial charge in [-0.15, -0.1) is 0 Å². The maximum atomic E-state index is 13.7. The van der Waals surface area contributed by atoms with E-state index in [2.05, 4.69) is 26.6 Å². The van der Waals surface area contributed by atoms with Crippen LogP contribution in [0.3, 0.4) is 0 Å². The molecular weight excluding hydrogens is 287 g/mol. The minimum atomic E-state index is -0.472. The van der Waals surface area contributed by atoms with Gasteiger partial charge in [-0.2, -0.15) is 0 Å². The van der Waals surface area contributed by atoms with Gasteiger partial charge in [-0.25, -0.2) is 9.18 Å². The fraction of sp³-hybridized carbons (Fsp3) is 0.417. The van der Waals surface area contributed by atoms with E-state index in [1.54, 1.807) is 19.2 Å². The molecule has 2 N–H and O–H groups in total. The first-order valence-corrected chi connectivity index (χ1v) is 6.07. The van der Waals surface area contributed by atoms with Crippen molar-refractivity contribution in [3.8, 4) is 0 Å². The Morgan fingerprint density at radius 2 is 2.12 bits per heavy atom. The molecule has 2 amide bonds. The molecule has 1 aromatic rings. The van der Waals surface area contributed by atoms with E-state index in [0.29, 0.717) is 12.1 Å². The lowest BCUT2D eigenvalue weighted by molar-refractivity contribution is 0.240. The van der Waals surface area contributed by atoms with Crippen molar-refractivity contribution < 1.29 is 9.18 Å². The number of halogens is 2. The molecule has 5 heteroatoms. The summed E-state index contributed by atoms with van der Waals surface area (Å²) in [6, 6.07) is 4.54. The summed E-state index contributed by atoms with van der Waals surface area (Å²) in [5, 5.41) is 5.15. The van der Waals surface area contributed by atoms with E-state index in [9.17, 15) is 9.18 Å². The Morgan fingerprint density at radius 3 is 2.71 bits per heavy atom. The van der Waals surface area contributed by atoms with Crippen molar-refractivity contribution >= 4 is 22.0 Å². The zero-order valence-corrected chi connectivity index (χ0v) is 11.7. The summed E-state index contributed by atoms with van der Waals surface area (Å²) in [5.74, 6) is -0.267. The monoisotopic (exact) mass is 302 g/mol. The molecule has 3 nitrogen and oxygen atoms in total. The molecule has 0 atom stereocenters. The molecule has 0 saturated carbocycles. The average molecular weight is 303 g/mol. The Balaban J connectivity index is 2.88. The first kappa shape index (κ1) is 14.0. The molecule has 0 fully saturated rings. The van der Waals surface area contributed by atoms with Gasteiger partial charge in [0, 0.05) is 23.5 Å². The molecule has 0 heterocycles. The van der Waals surface area contributed by atoms with Crippen LogP contribution in [0.1, 0.15) is 19.4 Å². The van der Waals surface area contributed by atoms with Gasteiger partial charge in [-0.05, 0) is 23.8 Å². The number of urea groups is 1. The number of amides is 2. The maximum absolute atomic E-state index is 13.7. The Kier molecular flexibility index (Phi) is 4.51. The topological polar surface area (TPSA) is 41.1 Å². The molecule has 0 aromatic heterocycles. The van der Waals surface area contributed by atoms with Gasteiger partial charge in [0.25, 0.3) is 0 Å². The highest BCUT2D eigenvalue weighted by atomic mass is 79.9. The van der Waals surface area contributed by atoms with Gasteiger partial charge < -0.3 is 10.6 Å². The largest absolute Gasteiger partial charge is 0.341 e. The molecule has 0 unspecified atom stereocenters. The van der Waals surface area contributed by atoms with Crippen LogP contribution in [0.5, 0.6) is 0 Å². The molecule has 1 rings (SSSR count). The average Bonchev–Trinajstić information content (AvgIpc) is 2.29. The first-order valence-electron chi connectivity index (χ1n) is 5.28. The Labute approximate surface area is 109 Å². The zero-order valence-electron chi connectivity index (χ0n) is 10.1. The Morgan fingerprint density at radius 1 is 1.47 bits per heavy atom. The molecule has 1 aromatic carbocycles. The molecule has 17 heavy (non-hydrogen) atoms. The summed E-state index contributed by atoms with van der Waals surface area (Å²) in [6.07, 6.45) is 0. The second-order valence-corrected chi connectivity index (χ2v) is 5.36. The van der Waals surface area contributed by atoms with Crippen LogP contribution in [0.4, 0.5) is 9.18 Å². The van der Waals surface area contributed by atoms with Gasteiger partial charge in [0.15, 0.2) is 0 Å². The smallest absolute Gasteiger partial charge is 0.314 e. The minimum absolute atomic E-state index is 0.267. The predicted molar refractivity (Wildman–Crippen MR) is 69.6 cm³/mol. The minimum Gasteiger partial charge on any atom is -0.341 e. The van der Waals surface area contributed by atoms with Gasteiger partial charge in [0.2, 0.25) is 0 Å². The molecule has 0 saturated heterocycles. The number of carbonyl (C=O) groups is 1. The van der Waals surface area contributed by atoms with Gasteiger partial charge in [0.05, 0.1) is 0 Å². The highest BCUT2D eigenvalue weighted by molar-refractivity contribution is 9.10. The summed E-state index contributed by atoms with van der Waals surface area (Å²) in [7, 11) is 1.54. The van der Waals surface area contributed by atoms with Crippen molar-refractivity contribution in [2.75, 3.05) is 13.6 Å². The van der Waals surface area contributed by atoms with Gasteiger partial charge in [0.1, 0.15) is 5.82 Å².